The maximum Gasteiger partial charge on any atom is 0.480 e. The van der Waals surface area contributed by atoms with E-state index in [4.69, 9.17) is 40.0 Å². The molecule has 0 radical (unpaired) electrons. The number of rotatable bonds is 12. The smallest absolute Gasteiger partial charge is 0.438 e. The molecule has 1 saturated heterocycles. The van der Waals surface area contributed by atoms with Gasteiger partial charge in [-0.15, -0.1) is 0 Å². The van der Waals surface area contributed by atoms with E-state index >= 15 is 0 Å². The lowest BCUT2D eigenvalue weighted by atomic mass is 9.96. The number of aromatic amines is 1. The number of esters is 2. The lowest BCUT2D eigenvalue weighted by molar-refractivity contribution is -0.153. The number of aliphatic hydroxyl groups is 2. The van der Waals surface area contributed by atoms with E-state index in [1.165, 1.54) is 31.5 Å². The van der Waals surface area contributed by atoms with Crippen LogP contribution < -0.4 is 5.56 Å². The standard InChI is InChI=1S/C18H27N2O12PS/c1-4-13(22)27-9-30-33(26,31-10-28-14(23)5-2)29-8-11-15(24)18(3,25)16(32-11)20-7-6-12(21)19-17(20)34/h6-7,11,15-16,24-25H,4-5,8-10H2,1-3H3,(H,19,21,34)/t11-,15+,16-,18?/m1/s1. The van der Waals surface area contributed by atoms with Gasteiger partial charge in [0.25, 0.3) is 5.56 Å². The molecule has 1 aliphatic heterocycles. The van der Waals surface area contributed by atoms with Crippen LogP contribution in [-0.2, 0) is 41.9 Å². The van der Waals surface area contributed by atoms with E-state index in [0.29, 0.717) is 0 Å². The first-order valence-electron chi connectivity index (χ1n) is 10.2. The van der Waals surface area contributed by atoms with E-state index in [1.54, 1.807) is 0 Å². The Morgan fingerprint density at radius 2 is 1.76 bits per heavy atom. The van der Waals surface area contributed by atoms with Crippen LogP contribution in [0.2, 0.25) is 0 Å². The summed E-state index contributed by atoms with van der Waals surface area (Å²) in [6.45, 7) is 2.16. The average Bonchev–Trinajstić information content (AvgIpc) is 3.01. The molecule has 3 N–H and O–H groups in total. The Hall–Kier alpha value is -1.97. The van der Waals surface area contributed by atoms with Crippen molar-refractivity contribution in [2.75, 3.05) is 20.2 Å². The third-order valence-electron chi connectivity index (χ3n) is 4.69. The normalized spacial score (nSPS) is 24.7. The number of hydrogen-bond donors (Lipinski definition) is 3. The van der Waals surface area contributed by atoms with E-state index < -0.39 is 69.6 Å². The molecule has 1 aliphatic rings. The lowest BCUT2D eigenvalue weighted by Gasteiger charge is -2.28. The Kier molecular flexibility index (Phi) is 10.1. The van der Waals surface area contributed by atoms with Crippen molar-refractivity contribution in [2.45, 2.75) is 57.6 Å². The summed E-state index contributed by atoms with van der Waals surface area (Å²) in [7, 11) is -4.48. The highest BCUT2D eigenvalue weighted by atomic mass is 32.1. The number of aromatic nitrogens is 2. The Morgan fingerprint density at radius 3 is 2.26 bits per heavy atom. The van der Waals surface area contributed by atoms with Gasteiger partial charge in [-0.25, -0.2) is 13.6 Å². The van der Waals surface area contributed by atoms with Gasteiger partial charge < -0.3 is 24.4 Å². The van der Waals surface area contributed by atoms with Crippen molar-refractivity contribution in [3.8, 4) is 0 Å². The second kappa shape index (κ2) is 12.1. The molecule has 1 unspecified atom stereocenters. The summed E-state index contributed by atoms with van der Waals surface area (Å²) in [5, 5.41) is 21.4. The molecule has 1 aromatic rings. The second-order valence-electron chi connectivity index (χ2n) is 7.19. The minimum atomic E-state index is -4.48. The summed E-state index contributed by atoms with van der Waals surface area (Å²) in [6, 6.07) is 1.15. The predicted octanol–water partition coefficient (Wildman–Crippen LogP) is 0.894. The van der Waals surface area contributed by atoms with Crippen molar-refractivity contribution in [2.24, 2.45) is 0 Å². The van der Waals surface area contributed by atoms with Crippen LogP contribution in [0.15, 0.2) is 17.1 Å². The summed E-state index contributed by atoms with van der Waals surface area (Å²) in [5.74, 6) is -1.29. The van der Waals surface area contributed by atoms with E-state index in [1.807, 2.05) is 0 Å². The number of ether oxygens (including phenoxy) is 3. The number of carbonyl (C=O) groups is 2. The van der Waals surface area contributed by atoms with E-state index in [-0.39, 0.29) is 17.6 Å². The highest BCUT2D eigenvalue weighted by Gasteiger charge is 2.53. The molecule has 0 bridgehead atoms. The van der Waals surface area contributed by atoms with Gasteiger partial charge >= 0.3 is 19.8 Å². The number of H-pyrrole nitrogens is 1. The molecule has 0 spiro atoms. The average molecular weight is 526 g/mol. The first kappa shape index (κ1) is 28.3. The topological polar surface area (TPSA) is 185 Å². The van der Waals surface area contributed by atoms with Crippen molar-refractivity contribution in [1.29, 1.82) is 0 Å². The van der Waals surface area contributed by atoms with Gasteiger partial charge in [0.1, 0.15) is 17.8 Å². The van der Waals surface area contributed by atoms with Crippen LogP contribution in [0.5, 0.6) is 0 Å². The third-order valence-corrected chi connectivity index (χ3v) is 6.32. The van der Waals surface area contributed by atoms with Gasteiger partial charge in [-0.05, 0) is 19.1 Å². The van der Waals surface area contributed by atoms with E-state index in [2.05, 4.69) is 4.98 Å². The van der Waals surface area contributed by atoms with Crippen LogP contribution in [0.3, 0.4) is 0 Å². The fourth-order valence-electron chi connectivity index (χ4n) is 2.78. The Morgan fingerprint density at radius 1 is 1.21 bits per heavy atom. The van der Waals surface area contributed by atoms with Crippen LogP contribution in [-0.4, -0.2) is 69.7 Å². The van der Waals surface area contributed by atoms with Gasteiger partial charge in [0.05, 0.1) is 6.61 Å². The van der Waals surface area contributed by atoms with Gasteiger partial charge in [0, 0.05) is 25.1 Å². The molecule has 0 saturated carbocycles. The van der Waals surface area contributed by atoms with E-state index in [0.717, 1.165) is 6.07 Å². The number of phosphoric ester groups is 1. The van der Waals surface area contributed by atoms with Gasteiger partial charge in [0.2, 0.25) is 13.6 Å². The molecule has 4 atom stereocenters. The number of aliphatic hydroxyl groups excluding tert-OH is 1. The van der Waals surface area contributed by atoms with Crippen LogP contribution >= 0.6 is 20.0 Å². The minimum Gasteiger partial charge on any atom is -0.438 e. The quantitative estimate of drug-likeness (QED) is 0.151. The summed E-state index contributed by atoms with van der Waals surface area (Å²) in [4.78, 5) is 36.4. The zero-order valence-corrected chi connectivity index (χ0v) is 20.4. The monoisotopic (exact) mass is 526 g/mol. The van der Waals surface area contributed by atoms with Gasteiger partial charge in [-0.2, -0.15) is 0 Å². The maximum absolute atomic E-state index is 12.9. The first-order valence-corrected chi connectivity index (χ1v) is 12.0. The minimum absolute atomic E-state index is 0.0370. The number of carbonyl (C=O) groups excluding carboxylic acids is 2. The Balaban J connectivity index is 2.11. The highest BCUT2D eigenvalue weighted by molar-refractivity contribution is 7.71. The predicted molar refractivity (Wildman–Crippen MR) is 115 cm³/mol. The zero-order chi connectivity index (χ0) is 25.5. The molecule has 192 valence electrons. The lowest BCUT2D eigenvalue weighted by Crippen LogP contribution is -2.44. The fraction of sp³-hybridized carbons (Fsp3) is 0.667. The summed E-state index contributed by atoms with van der Waals surface area (Å²) in [5.41, 5.74) is -2.37. The van der Waals surface area contributed by atoms with E-state index in [9.17, 15) is 29.2 Å². The van der Waals surface area contributed by atoms with Crippen molar-refractivity contribution in [3.05, 3.63) is 27.4 Å². The van der Waals surface area contributed by atoms with Crippen LogP contribution in [0.25, 0.3) is 0 Å². The Bertz CT molecular complexity index is 999. The highest BCUT2D eigenvalue weighted by Crippen LogP contribution is 2.50. The van der Waals surface area contributed by atoms with Crippen molar-refractivity contribution in [3.63, 3.8) is 0 Å². The van der Waals surface area contributed by atoms with Gasteiger partial charge in [-0.1, -0.05) is 13.8 Å². The third kappa shape index (κ3) is 7.26. The van der Waals surface area contributed by atoms with Gasteiger partial charge in [0.15, 0.2) is 11.0 Å². The molecule has 16 heteroatoms. The summed E-state index contributed by atoms with van der Waals surface area (Å²) in [6.07, 6.45) is -2.71. The number of hydrogen-bond acceptors (Lipinski definition) is 13. The van der Waals surface area contributed by atoms with Crippen molar-refractivity contribution >= 4 is 32.0 Å². The van der Waals surface area contributed by atoms with Crippen molar-refractivity contribution in [1.82, 2.24) is 9.55 Å². The first-order chi connectivity index (χ1) is 15.9. The summed E-state index contributed by atoms with van der Waals surface area (Å²) >= 11 is 5.07. The molecule has 1 aromatic heterocycles. The number of nitrogens with zero attached hydrogens (tertiary/aromatic N) is 1. The summed E-state index contributed by atoms with van der Waals surface area (Å²) < 4.78 is 44.1. The molecule has 1 fully saturated rings. The number of phosphoric acid groups is 1. The molecule has 2 heterocycles. The van der Waals surface area contributed by atoms with Crippen LogP contribution in [0.1, 0.15) is 39.8 Å². The molecule has 0 aliphatic carbocycles. The largest absolute Gasteiger partial charge is 0.480 e. The molecule has 0 aromatic carbocycles. The van der Waals surface area contributed by atoms with Crippen LogP contribution in [0, 0.1) is 4.77 Å². The molecular weight excluding hydrogens is 499 g/mol. The molecule has 14 nitrogen and oxygen atoms in total. The van der Waals surface area contributed by atoms with Gasteiger partial charge in [-0.3, -0.25) is 28.5 Å². The zero-order valence-electron chi connectivity index (χ0n) is 18.7. The fourth-order valence-corrected chi connectivity index (χ4v) is 3.96. The van der Waals surface area contributed by atoms with Crippen LogP contribution in [0.4, 0.5) is 0 Å². The molecule has 34 heavy (non-hydrogen) atoms. The molecular formula is C18H27N2O12PS. The molecule has 2 rings (SSSR count). The SMILES string of the molecule is CCC(=O)OCOP(=O)(OCOC(=O)CC)OC[C@H]1O[C@@H](n2ccc(=O)[nH]c2=S)C(C)(O)[C@H]1O. The number of nitrogens with one attached hydrogen (secondary N) is 1. The second-order valence-corrected chi connectivity index (χ2v) is 9.25. The molecule has 0 amide bonds. The van der Waals surface area contributed by atoms with Crippen molar-refractivity contribution < 1.29 is 52.1 Å². The maximum atomic E-state index is 12.9. The Labute approximate surface area is 199 Å².